The second-order valence-electron chi connectivity index (χ2n) is 3.96. The molecule has 0 amide bonds. The molecule has 15 heavy (non-hydrogen) atoms. The smallest absolute Gasteiger partial charge is 0.113 e. The van der Waals surface area contributed by atoms with Gasteiger partial charge < -0.3 is 15.2 Å². The van der Waals surface area contributed by atoms with Gasteiger partial charge >= 0.3 is 0 Å². The Morgan fingerprint density at radius 2 is 1.87 bits per heavy atom. The normalized spacial score (nSPS) is 17.2. The zero-order chi connectivity index (χ0) is 10.1. The average molecular weight is 201 g/mol. The minimum absolute atomic E-state index is 1.08. The molecule has 3 heteroatoms. The Kier molecular flexibility index (Phi) is 2.10. The number of benzene rings is 1. The van der Waals surface area contributed by atoms with Gasteiger partial charge in [-0.05, 0) is 0 Å². The first-order chi connectivity index (χ1) is 7.45. The van der Waals surface area contributed by atoms with E-state index < -0.39 is 0 Å². The first kappa shape index (κ1) is 8.80. The number of rotatable bonds is 1. The predicted octanol–water partition coefficient (Wildman–Crippen LogP) is 1.58. The van der Waals surface area contributed by atoms with Gasteiger partial charge in [-0.2, -0.15) is 0 Å². The van der Waals surface area contributed by atoms with Crippen LogP contribution in [0.2, 0.25) is 0 Å². The number of nitrogens with one attached hydrogen (secondary N) is 2. The van der Waals surface area contributed by atoms with E-state index in [2.05, 4.69) is 45.7 Å². The molecule has 3 nitrogen and oxygen atoms in total. The molecule has 1 aliphatic heterocycles. The van der Waals surface area contributed by atoms with Crippen molar-refractivity contribution in [2.45, 2.75) is 0 Å². The lowest BCUT2D eigenvalue weighted by atomic mass is 10.2. The molecular formula is C12H15N3. The highest BCUT2D eigenvalue weighted by atomic mass is 15.2. The Morgan fingerprint density at radius 1 is 1.07 bits per heavy atom. The summed E-state index contributed by atoms with van der Waals surface area (Å²) in [6.07, 6.45) is 2.09. The molecule has 2 N–H and O–H groups in total. The standard InChI is InChI=1S/C12H15N3/c1-2-4-11-10(3-1)9-14-12(11)15-7-5-13-6-8-15/h1-4,9,13-14H,5-8H2. The summed E-state index contributed by atoms with van der Waals surface area (Å²) in [5, 5.41) is 6.00. The Hall–Kier alpha value is -1.48. The molecule has 1 saturated heterocycles. The first-order valence-corrected chi connectivity index (χ1v) is 5.47. The number of nitrogens with zero attached hydrogens (tertiary/aromatic N) is 1. The van der Waals surface area contributed by atoms with Gasteiger partial charge in [0.2, 0.25) is 0 Å². The number of aromatic nitrogens is 1. The van der Waals surface area contributed by atoms with Crippen LogP contribution in [0.3, 0.4) is 0 Å². The molecule has 1 fully saturated rings. The summed E-state index contributed by atoms with van der Waals surface area (Å²) < 4.78 is 0. The van der Waals surface area contributed by atoms with Crippen LogP contribution in [0.15, 0.2) is 30.5 Å². The van der Waals surface area contributed by atoms with Gasteiger partial charge in [-0.3, -0.25) is 0 Å². The Labute approximate surface area is 89.1 Å². The highest BCUT2D eigenvalue weighted by Gasteiger charge is 2.13. The lowest BCUT2D eigenvalue weighted by Gasteiger charge is -2.28. The summed E-state index contributed by atoms with van der Waals surface area (Å²) in [4.78, 5) is 5.80. The van der Waals surface area contributed by atoms with Crippen LogP contribution in [0.4, 0.5) is 5.82 Å². The van der Waals surface area contributed by atoms with Crippen molar-refractivity contribution in [3.8, 4) is 0 Å². The fourth-order valence-corrected chi connectivity index (χ4v) is 2.21. The van der Waals surface area contributed by atoms with Crippen LogP contribution >= 0.6 is 0 Å². The number of fused-ring (bicyclic) bond motifs is 1. The first-order valence-electron chi connectivity index (χ1n) is 5.47. The van der Waals surface area contributed by atoms with Crippen molar-refractivity contribution in [1.82, 2.24) is 10.3 Å². The van der Waals surface area contributed by atoms with Crippen LogP contribution in [0.1, 0.15) is 0 Å². The number of piperazine rings is 1. The molecule has 0 spiro atoms. The van der Waals surface area contributed by atoms with Crippen molar-refractivity contribution in [1.29, 1.82) is 0 Å². The van der Waals surface area contributed by atoms with Gasteiger partial charge in [0.25, 0.3) is 0 Å². The maximum atomic E-state index is 3.38. The van der Waals surface area contributed by atoms with E-state index in [1.165, 1.54) is 16.6 Å². The maximum Gasteiger partial charge on any atom is 0.113 e. The third-order valence-electron chi connectivity index (χ3n) is 3.01. The fourth-order valence-electron chi connectivity index (χ4n) is 2.21. The van der Waals surface area contributed by atoms with E-state index in [0.717, 1.165) is 26.2 Å². The van der Waals surface area contributed by atoms with Crippen molar-refractivity contribution < 1.29 is 0 Å². The van der Waals surface area contributed by atoms with E-state index in [1.807, 2.05) is 0 Å². The molecule has 0 bridgehead atoms. The molecule has 0 aliphatic carbocycles. The van der Waals surface area contributed by atoms with Gasteiger partial charge in [0.1, 0.15) is 5.82 Å². The highest BCUT2D eigenvalue weighted by molar-refractivity contribution is 5.93. The quantitative estimate of drug-likeness (QED) is 0.734. The summed E-state index contributed by atoms with van der Waals surface area (Å²) in [5.74, 6) is 1.27. The molecule has 0 saturated carbocycles. The molecule has 1 aromatic heterocycles. The highest BCUT2D eigenvalue weighted by Crippen LogP contribution is 2.25. The lowest BCUT2D eigenvalue weighted by Crippen LogP contribution is -2.43. The number of aromatic amines is 1. The zero-order valence-electron chi connectivity index (χ0n) is 8.66. The van der Waals surface area contributed by atoms with Gasteiger partial charge in [-0.15, -0.1) is 0 Å². The van der Waals surface area contributed by atoms with Crippen LogP contribution < -0.4 is 10.2 Å². The number of H-pyrrole nitrogens is 1. The second kappa shape index (κ2) is 3.59. The maximum absolute atomic E-state index is 3.38. The molecule has 3 rings (SSSR count). The SMILES string of the molecule is c1ccc2c(N3CCNCC3)[nH]cc2c1. The summed E-state index contributed by atoms with van der Waals surface area (Å²) in [5.41, 5.74) is 0. The monoisotopic (exact) mass is 201 g/mol. The van der Waals surface area contributed by atoms with Gasteiger partial charge in [0.05, 0.1) is 0 Å². The molecular weight excluding hydrogens is 186 g/mol. The molecule has 1 aromatic carbocycles. The Balaban J connectivity index is 2.02. The van der Waals surface area contributed by atoms with Crippen LogP contribution in [0.25, 0.3) is 10.8 Å². The molecule has 0 atom stereocenters. The van der Waals surface area contributed by atoms with Crippen LogP contribution in [-0.4, -0.2) is 31.2 Å². The Morgan fingerprint density at radius 3 is 2.73 bits per heavy atom. The number of hydrogen-bond donors (Lipinski definition) is 2. The summed E-state index contributed by atoms with van der Waals surface area (Å²) >= 11 is 0. The van der Waals surface area contributed by atoms with E-state index in [4.69, 9.17) is 0 Å². The van der Waals surface area contributed by atoms with Gasteiger partial charge in [-0.25, -0.2) is 0 Å². The molecule has 0 unspecified atom stereocenters. The summed E-state index contributed by atoms with van der Waals surface area (Å²) in [6, 6.07) is 8.51. The van der Waals surface area contributed by atoms with Crippen LogP contribution in [-0.2, 0) is 0 Å². The van der Waals surface area contributed by atoms with Crippen molar-refractivity contribution in [2.75, 3.05) is 31.1 Å². The summed E-state index contributed by atoms with van der Waals surface area (Å²) in [7, 11) is 0. The number of hydrogen-bond acceptors (Lipinski definition) is 2. The third-order valence-corrected chi connectivity index (χ3v) is 3.01. The topological polar surface area (TPSA) is 31.1 Å². The fraction of sp³-hybridized carbons (Fsp3) is 0.333. The lowest BCUT2D eigenvalue weighted by molar-refractivity contribution is 0.587. The molecule has 78 valence electrons. The molecule has 2 aromatic rings. The van der Waals surface area contributed by atoms with E-state index in [9.17, 15) is 0 Å². The van der Waals surface area contributed by atoms with Crippen molar-refractivity contribution in [3.05, 3.63) is 30.5 Å². The van der Waals surface area contributed by atoms with Crippen molar-refractivity contribution in [3.63, 3.8) is 0 Å². The van der Waals surface area contributed by atoms with Crippen molar-refractivity contribution in [2.24, 2.45) is 0 Å². The van der Waals surface area contributed by atoms with E-state index in [-0.39, 0.29) is 0 Å². The van der Waals surface area contributed by atoms with Crippen LogP contribution in [0, 0.1) is 0 Å². The molecule has 2 heterocycles. The largest absolute Gasteiger partial charge is 0.355 e. The predicted molar refractivity (Wildman–Crippen MR) is 63.4 cm³/mol. The summed E-state index contributed by atoms with van der Waals surface area (Å²) in [6.45, 7) is 4.33. The Bertz CT molecular complexity index is 455. The van der Waals surface area contributed by atoms with E-state index in [0.29, 0.717) is 0 Å². The van der Waals surface area contributed by atoms with Gasteiger partial charge in [0.15, 0.2) is 0 Å². The zero-order valence-corrected chi connectivity index (χ0v) is 8.66. The minimum Gasteiger partial charge on any atom is -0.355 e. The van der Waals surface area contributed by atoms with E-state index in [1.54, 1.807) is 0 Å². The minimum atomic E-state index is 1.08. The van der Waals surface area contributed by atoms with Crippen molar-refractivity contribution >= 4 is 16.6 Å². The average Bonchev–Trinajstić information content (AvgIpc) is 2.74. The number of anilines is 1. The third kappa shape index (κ3) is 1.49. The van der Waals surface area contributed by atoms with Crippen LogP contribution in [0.5, 0.6) is 0 Å². The van der Waals surface area contributed by atoms with Gasteiger partial charge in [-0.1, -0.05) is 24.3 Å². The van der Waals surface area contributed by atoms with E-state index >= 15 is 0 Å². The second-order valence-corrected chi connectivity index (χ2v) is 3.96. The molecule has 1 aliphatic rings. The molecule has 0 radical (unpaired) electrons. The van der Waals surface area contributed by atoms with Gasteiger partial charge in [0, 0.05) is 43.1 Å².